The summed E-state index contributed by atoms with van der Waals surface area (Å²) in [6.45, 7) is -0.439. The molecule has 0 aliphatic carbocycles. The van der Waals surface area contributed by atoms with Crippen molar-refractivity contribution in [1.29, 1.82) is 0 Å². The first kappa shape index (κ1) is 25.5. The average molecular weight is 612 g/mol. The first-order valence-electron chi connectivity index (χ1n) is 9.28. The van der Waals surface area contributed by atoms with E-state index in [0.717, 1.165) is 12.1 Å². The predicted octanol–water partition coefficient (Wildman–Crippen LogP) is 4.37. The minimum atomic E-state index is -0.971. The Morgan fingerprint density at radius 1 is 1.03 bits per heavy atom. The maximum absolute atomic E-state index is 12.3. The summed E-state index contributed by atoms with van der Waals surface area (Å²) in [4.78, 5) is 44.4. The van der Waals surface area contributed by atoms with Crippen molar-refractivity contribution in [2.45, 2.75) is 0 Å². The number of hydrazone groups is 1. The second-order valence-corrected chi connectivity index (χ2v) is 8.19. The Morgan fingerprint density at radius 2 is 1.77 bits per heavy atom. The number of benzene rings is 2. The Hall–Kier alpha value is -4.11. The molecule has 0 aliphatic heterocycles. The van der Waals surface area contributed by atoms with Crippen molar-refractivity contribution in [3.8, 4) is 11.5 Å². The van der Waals surface area contributed by atoms with Crippen molar-refractivity contribution in [2.24, 2.45) is 5.10 Å². The average Bonchev–Trinajstić information content (AvgIpc) is 3.31. The third kappa shape index (κ3) is 6.94. The van der Waals surface area contributed by atoms with E-state index < -0.39 is 34.2 Å². The summed E-state index contributed by atoms with van der Waals surface area (Å²) in [6, 6.07) is 10.5. The predicted molar refractivity (Wildman–Crippen MR) is 126 cm³/mol. The van der Waals surface area contributed by atoms with Gasteiger partial charge in [-0.3, -0.25) is 25.0 Å². The number of hydrogen-bond donors (Lipinski definition) is 1. The molecule has 0 bridgehead atoms. The maximum Gasteiger partial charge on any atom is 0.433 e. The number of furan rings is 1. The van der Waals surface area contributed by atoms with E-state index in [2.05, 4.69) is 42.4 Å². The van der Waals surface area contributed by atoms with Gasteiger partial charge in [-0.2, -0.15) is 5.10 Å². The van der Waals surface area contributed by atoms with E-state index in [9.17, 15) is 29.8 Å². The molecule has 1 heterocycles. The second-order valence-electron chi connectivity index (χ2n) is 6.42. The molecule has 0 aliphatic rings. The van der Waals surface area contributed by atoms with Crippen LogP contribution in [0.1, 0.15) is 16.1 Å². The number of ether oxygens (including phenoxy) is 2. The summed E-state index contributed by atoms with van der Waals surface area (Å²) in [5, 5.41) is 25.3. The molecule has 0 spiro atoms. The summed E-state index contributed by atoms with van der Waals surface area (Å²) < 4.78 is 16.3. The Balaban J connectivity index is 1.61. The number of nitrogens with zero attached hydrogens (tertiary/aromatic N) is 3. The fourth-order valence-corrected chi connectivity index (χ4v) is 3.33. The lowest BCUT2D eigenvalue weighted by molar-refractivity contribution is -0.402. The van der Waals surface area contributed by atoms with Gasteiger partial charge in [0.25, 0.3) is 11.6 Å². The number of carbonyl (C=O) groups is 2. The zero-order chi connectivity index (χ0) is 25.5. The molecule has 1 amide bonds. The molecule has 1 N–H and O–H groups in total. The molecular weight excluding hydrogens is 600 g/mol. The quantitative estimate of drug-likeness (QED) is 0.121. The highest BCUT2D eigenvalue weighted by Gasteiger charge is 2.20. The molecule has 0 saturated carbocycles. The lowest BCUT2D eigenvalue weighted by Gasteiger charge is -2.08. The van der Waals surface area contributed by atoms with Crippen molar-refractivity contribution in [2.75, 3.05) is 6.61 Å². The highest BCUT2D eigenvalue weighted by Crippen LogP contribution is 2.29. The van der Waals surface area contributed by atoms with Gasteiger partial charge in [-0.25, -0.2) is 10.2 Å². The molecule has 35 heavy (non-hydrogen) atoms. The van der Waals surface area contributed by atoms with Gasteiger partial charge in [-0.1, -0.05) is 15.9 Å². The molecule has 0 atom stereocenters. The summed E-state index contributed by atoms with van der Waals surface area (Å²) in [5.74, 6) is -2.33. The smallest absolute Gasteiger partial charge is 0.433 e. The van der Waals surface area contributed by atoms with Gasteiger partial charge in [0.2, 0.25) is 5.76 Å². The zero-order valence-electron chi connectivity index (χ0n) is 17.2. The van der Waals surface area contributed by atoms with E-state index in [0.29, 0.717) is 8.95 Å². The number of rotatable bonds is 9. The van der Waals surface area contributed by atoms with Gasteiger partial charge in [-0.05, 0) is 46.3 Å². The van der Waals surface area contributed by atoms with Gasteiger partial charge in [0, 0.05) is 22.2 Å². The molecule has 13 nitrogen and oxygen atoms in total. The van der Waals surface area contributed by atoms with Crippen LogP contribution in [0.2, 0.25) is 0 Å². The van der Waals surface area contributed by atoms with Crippen LogP contribution in [-0.2, 0) is 4.79 Å². The number of hydrogen-bond acceptors (Lipinski definition) is 10. The number of esters is 1. The molecule has 0 fully saturated rings. The van der Waals surface area contributed by atoms with Crippen molar-refractivity contribution < 1.29 is 33.3 Å². The first-order valence-corrected chi connectivity index (χ1v) is 10.9. The second kappa shape index (κ2) is 11.3. The molecule has 0 unspecified atom stereocenters. The van der Waals surface area contributed by atoms with Crippen LogP contribution in [0.5, 0.6) is 11.5 Å². The van der Waals surface area contributed by atoms with E-state index in [1.807, 2.05) is 0 Å². The third-order valence-corrected chi connectivity index (χ3v) is 5.14. The van der Waals surface area contributed by atoms with Crippen LogP contribution < -0.4 is 14.9 Å². The number of amides is 1. The van der Waals surface area contributed by atoms with Crippen LogP contribution in [0.3, 0.4) is 0 Å². The van der Waals surface area contributed by atoms with Crippen LogP contribution in [-0.4, -0.2) is 34.5 Å². The summed E-state index contributed by atoms with van der Waals surface area (Å²) >= 11 is 6.40. The molecule has 15 heteroatoms. The molecule has 180 valence electrons. The van der Waals surface area contributed by atoms with Gasteiger partial charge in [0.15, 0.2) is 6.61 Å². The lowest BCUT2D eigenvalue weighted by atomic mass is 10.2. The van der Waals surface area contributed by atoms with Crippen molar-refractivity contribution >= 4 is 61.5 Å². The topological polar surface area (TPSA) is 176 Å². The van der Waals surface area contributed by atoms with E-state index >= 15 is 0 Å². The number of halogens is 2. The number of nitrogens with one attached hydrogen (secondary N) is 1. The standard InChI is InChI=1S/C20H12Br2N4O9/c21-12-1-3-15(35-20(28)17-5-6-19(34-17)26(31)32)11(7-12)9-23-24-18(27)10-33-16-4-2-13(25(29)30)8-14(16)22/h1-9H,10H2,(H,24,27)/b23-9+. The maximum atomic E-state index is 12.3. The number of carbonyl (C=O) groups excluding carboxylic acids is 2. The van der Waals surface area contributed by atoms with E-state index in [4.69, 9.17) is 13.9 Å². The van der Waals surface area contributed by atoms with Gasteiger partial charge in [0.05, 0.1) is 21.7 Å². The van der Waals surface area contributed by atoms with Crippen LogP contribution >= 0.6 is 31.9 Å². The lowest BCUT2D eigenvalue weighted by Crippen LogP contribution is -2.24. The first-order chi connectivity index (χ1) is 16.6. The molecule has 1 aromatic heterocycles. The van der Waals surface area contributed by atoms with Gasteiger partial charge >= 0.3 is 11.9 Å². The van der Waals surface area contributed by atoms with Gasteiger partial charge in [0.1, 0.15) is 16.4 Å². The Labute approximate surface area is 212 Å². The molecule has 2 aromatic carbocycles. The Morgan fingerprint density at radius 3 is 2.43 bits per heavy atom. The fraction of sp³-hybridized carbons (Fsp3) is 0.0500. The largest absolute Gasteiger partial charge is 0.483 e. The van der Waals surface area contributed by atoms with Gasteiger partial charge < -0.3 is 13.9 Å². The van der Waals surface area contributed by atoms with Crippen LogP contribution in [0, 0.1) is 20.2 Å². The SMILES string of the molecule is O=C(COc1ccc([N+](=O)[O-])cc1Br)N/N=C/c1cc(Br)ccc1OC(=O)c1ccc([N+](=O)[O-])o1. The monoisotopic (exact) mass is 610 g/mol. The van der Waals surface area contributed by atoms with E-state index in [-0.39, 0.29) is 28.5 Å². The summed E-state index contributed by atoms with van der Waals surface area (Å²) in [7, 11) is 0. The number of non-ortho nitro benzene ring substituents is 1. The third-order valence-electron chi connectivity index (χ3n) is 4.03. The Bertz CT molecular complexity index is 1340. The van der Waals surface area contributed by atoms with Crippen LogP contribution in [0.25, 0.3) is 0 Å². The summed E-state index contributed by atoms with van der Waals surface area (Å²) in [5.41, 5.74) is 2.37. The number of nitro benzene ring substituents is 1. The fourth-order valence-electron chi connectivity index (χ4n) is 2.47. The minimum absolute atomic E-state index is 0.0429. The number of nitro groups is 2. The molecule has 0 saturated heterocycles. The highest BCUT2D eigenvalue weighted by molar-refractivity contribution is 9.10. The van der Waals surface area contributed by atoms with Gasteiger partial charge in [-0.15, -0.1) is 0 Å². The minimum Gasteiger partial charge on any atom is -0.483 e. The highest BCUT2D eigenvalue weighted by atomic mass is 79.9. The van der Waals surface area contributed by atoms with Crippen molar-refractivity contribution in [3.63, 3.8) is 0 Å². The van der Waals surface area contributed by atoms with Crippen LogP contribution in [0.15, 0.2) is 67.0 Å². The van der Waals surface area contributed by atoms with Crippen molar-refractivity contribution in [1.82, 2.24) is 5.43 Å². The van der Waals surface area contributed by atoms with Crippen LogP contribution in [0.4, 0.5) is 11.6 Å². The molecular formula is C20H12Br2N4O9. The normalized spacial score (nSPS) is 10.7. The zero-order valence-corrected chi connectivity index (χ0v) is 20.3. The molecule has 3 aromatic rings. The van der Waals surface area contributed by atoms with Crippen molar-refractivity contribution in [3.05, 3.63) is 89.0 Å². The molecule has 3 rings (SSSR count). The molecule has 0 radical (unpaired) electrons. The summed E-state index contributed by atoms with van der Waals surface area (Å²) in [6.07, 6.45) is 1.21. The van der Waals surface area contributed by atoms with E-state index in [1.54, 1.807) is 12.1 Å². The Kier molecular flexibility index (Phi) is 8.27. The van der Waals surface area contributed by atoms with E-state index in [1.165, 1.54) is 30.5 Å².